The Morgan fingerprint density at radius 3 is 2.74 bits per heavy atom. The molecule has 1 heterocycles. The van der Waals surface area contributed by atoms with E-state index in [4.69, 9.17) is 9.84 Å². The predicted molar refractivity (Wildman–Crippen MR) is 76.5 cm³/mol. The number of aliphatic hydroxyl groups excluding tert-OH is 1. The van der Waals surface area contributed by atoms with Crippen molar-refractivity contribution in [2.75, 3.05) is 25.1 Å². The summed E-state index contributed by atoms with van der Waals surface area (Å²) in [5, 5.41) is 12.2. The molecule has 0 saturated heterocycles. The topological polar surface area (TPSA) is 67.3 Å². The first-order valence-corrected chi connectivity index (χ1v) is 6.80. The second-order valence-corrected chi connectivity index (χ2v) is 5.51. The molecule has 5 nitrogen and oxygen atoms in total. The number of aryl methyl sites for hydroxylation is 1. The molecule has 5 heteroatoms. The Labute approximate surface area is 115 Å². The molecule has 0 unspecified atom stereocenters. The van der Waals surface area contributed by atoms with Crippen molar-refractivity contribution < 1.29 is 9.84 Å². The third-order valence-corrected chi connectivity index (χ3v) is 2.80. The molecular weight excluding hydrogens is 242 g/mol. The zero-order valence-electron chi connectivity index (χ0n) is 12.4. The van der Waals surface area contributed by atoms with E-state index in [-0.39, 0.29) is 12.0 Å². The Morgan fingerprint density at radius 2 is 2.11 bits per heavy atom. The largest absolute Gasteiger partial charge is 0.478 e. The van der Waals surface area contributed by atoms with Gasteiger partial charge in [-0.3, -0.25) is 0 Å². The minimum absolute atomic E-state index is 0.00625. The van der Waals surface area contributed by atoms with Crippen molar-refractivity contribution in [2.24, 2.45) is 5.41 Å². The van der Waals surface area contributed by atoms with Gasteiger partial charge in [-0.1, -0.05) is 20.8 Å². The fourth-order valence-electron chi connectivity index (χ4n) is 1.61. The van der Waals surface area contributed by atoms with Gasteiger partial charge < -0.3 is 15.2 Å². The van der Waals surface area contributed by atoms with Crippen molar-refractivity contribution in [3.8, 4) is 5.88 Å². The smallest absolute Gasteiger partial charge is 0.226 e. The second-order valence-electron chi connectivity index (χ2n) is 5.51. The number of nitrogens with one attached hydrogen (secondary N) is 1. The number of aromatic nitrogens is 2. The van der Waals surface area contributed by atoms with Crippen molar-refractivity contribution in [1.82, 2.24) is 9.97 Å². The van der Waals surface area contributed by atoms with Gasteiger partial charge in [-0.25, -0.2) is 4.98 Å². The predicted octanol–water partition coefficient (Wildman–Crippen LogP) is 2.39. The van der Waals surface area contributed by atoms with Crippen LogP contribution in [0.3, 0.4) is 0 Å². The molecule has 1 aromatic heterocycles. The quantitative estimate of drug-likeness (QED) is 0.757. The van der Waals surface area contributed by atoms with Crippen LogP contribution in [0.5, 0.6) is 5.88 Å². The molecule has 2 N–H and O–H groups in total. The molecule has 0 saturated carbocycles. The molecule has 1 aromatic rings. The first-order chi connectivity index (χ1) is 8.96. The summed E-state index contributed by atoms with van der Waals surface area (Å²) in [5.41, 5.74) is 0.885. The molecule has 0 bridgehead atoms. The zero-order chi connectivity index (χ0) is 14.3. The highest BCUT2D eigenvalue weighted by molar-refractivity contribution is 5.30. The Balaban J connectivity index is 2.65. The fraction of sp³-hybridized carbons (Fsp3) is 0.714. The molecule has 0 aliphatic carbocycles. The molecule has 108 valence electrons. The Morgan fingerprint density at radius 1 is 1.37 bits per heavy atom. The van der Waals surface area contributed by atoms with Crippen molar-refractivity contribution in [2.45, 2.75) is 40.5 Å². The van der Waals surface area contributed by atoms with Crippen LogP contribution in [0.25, 0.3) is 0 Å². The van der Waals surface area contributed by atoms with Gasteiger partial charge in [-0.15, -0.1) is 0 Å². The maximum Gasteiger partial charge on any atom is 0.226 e. The molecule has 0 aliphatic heterocycles. The number of hydrogen-bond donors (Lipinski definition) is 2. The van der Waals surface area contributed by atoms with Gasteiger partial charge in [0.25, 0.3) is 0 Å². The summed E-state index contributed by atoms with van der Waals surface area (Å²) in [7, 11) is 0. The highest BCUT2D eigenvalue weighted by Gasteiger charge is 2.17. The van der Waals surface area contributed by atoms with Crippen LogP contribution in [0.15, 0.2) is 6.07 Å². The van der Waals surface area contributed by atoms with Crippen molar-refractivity contribution in [3.63, 3.8) is 0 Å². The molecule has 0 aliphatic rings. The molecule has 1 rings (SSSR count). The molecular formula is C14H25N3O2. The SMILES string of the molecule is CCCOc1cc(C)nc(NCC(C)(C)CCO)n1. The van der Waals surface area contributed by atoms with Crippen LogP contribution in [-0.4, -0.2) is 34.8 Å². The van der Waals surface area contributed by atoms with E-state index in [0.717, 1.165) is 18.5 Å². The molecule has 19 heavy (non-hydrogen) atoms. The van der Waals surface area contributed by atoms with Gasteiger partial charge in [0.15, 0.2) is 0 Å². The number of hydrogen-bond acceptors (Lipinski definition) is 5. The summed E-state index contributed by atoms with van der Waals surface area (Å²) in [6.07, 6.45) is 1.69. The van der Waals surface area contributed by atoms with Crippen LogP contribution in [-0.2, 0) is 0 Å². The molecule has 0 fully saturated rings. The van der Waals surface area contributed by atoms with E-state index in [0.29, 0.717) is 25.0 Å². The van der Waals surface area contributed by atoms with Gasteiger partial charge in [0, 0.05) is 24.9 Å². The first kappa shape index (κ1) is 15.7. The lowest BCUT2D eigenvalue weighted by molar-refractivity contribution is 0.220. The van der Waals surface area contributed by atoms with Gasteiger partial charge in [-0.2, -0.15) is 4.98 Å². The maximum atomic E-state index is 9.01. The van der Waals surface area contributed by atoms with E-state index >= 15 is 0 Å². The van der Waals surface area contributed by atoms with Crippen LogP contribution >= 0.6 is 0 Å². The molecule has 0 aromatic carbocycles. The van der Waals surface area contributed by atoms with Gasteiger partial charge >= 0.3 is 0 Å². The lowest BCUT2D eigenvalue weighted by Crippen LogP contribution is -2.25. The van der Waals surface area contributed by atoms with E-state index in [1.807, 2.05) is 13.0 Å². The Bertz CT molecular complexity index is 394. The summed E-state index contributed by atoms with van der Waals surface area (Å²) in [4.78, 5) is 8.67. The normalized spacial score (nSPS) is 11.4. The van der Waals surface area contributed by atoms with Crippen LogP contribution in [0.2, 0.25) is 0 Å². The standard InChI is InChI=1S/C14H25N3O2/c1-5-8-19-12-9-11(2)16-13(17-12)15-10-14(3,4)6-7-18/h9,18H,5-8,10H2,1-4H3,(H,15,16,17). The Kier molecular flexibility index (Phi) is 6.02. The van der Waals surface area contributed by atoms with Crippen LogP contribution in [0.4, 0.5) is 5.95 Å². The molecule has 0 radical (unpaired) electrons. The van der Waals surface area contributed by atoms with E-state index in [9.17, 15) is 0 Å². The minimum Gasteiger partial charge on any atom is -0.478 e. The molecule has 0 amide bonds. The highest BCUT2D eigenvalue weighted by atomic mass is 16.5. The van der Waals surface area contributed by atoms with Crippen LogP contribution in [0, 0.1) is 12.3 Å². The third kappa shape index (κ3) is 5.87. The summed E-state index contributed by atoms with van der Waals surface area (Å²) in [6.45, 7) is 9.74. The zero-order valence-corrected chi connectivity index (χ0v) is 12.4. The Hall–Kier alpha value is -1.36. The van der Waals surface area contributed by atoms with Gasteiger partial charge in [-0.05, 0) is 25.2 Å². The summed E-state index contributed by atoms with van der Waals surface area (Å²) >= 11 is 0. The van der Waals surface area contributed by atoms with Gasteiger partial charge in [0.1, 0.15) is 0 Å². The number of nitrogens with zero attached hydrogens (tertiary/aromatic N) is 2. The highest BCUT2D eigenvalue weighted by Crippen LogP contribution is 2.20. The van der Waals surface area contributed by atoms with Crippen molar-refractivity contribution in [3.05, 3.63) is 11.8 Å². The minimum atomic E-state index is 0.00625. The van der Waals surface area contributed by atoms with Crippen molar-refractivity contribution >= 4 is 5.95 Å². The number of rotatable bonds is 8. The summed E-state index contributed by atoms with van der Waals surface area (Å²) in [6, 6.07) is 1.83. The van der Waals surface area contributed by atoms with Crippen LogP contribution in [0.1, 0.15) is 39.3 Å². The second kappa shape index (κ2) is 7.28. The van der Waals surface area contributed by atoms with Gasteiger partial charge in [0.05, 0.1) is 6.61 Å². The van der Waals surface area contributed by atoms with E-state index in [2.05, 4.69) is 36.1 Å². The van der Waals surface area contributed by atoms with E-state index in [1.54, 1.807) is 0 Å². The molecule has 0 atom stereocenters. The number of aliphatic hydroxyl groups is 1. The molecule has 0 spiro atoms. The monoisotopic (exact) mass is 267 g/mol. The number of ether oxygens (including phenoxy) is 1. The number of anilines is 1. The average Bonchev–Trinajstić information content (AvgIpc) is 2.33. The van der Waals surface area contributed by atoms with Crippen LogP contribution < -0.4 is 10.1 Å². The third-order valence-electron chi connectivity index (χ3n) is 2.80. The van der Waals surface area contributed by atoms with Gasteiger partial charge in [0.2, 0.25) is 11.8 Å². The summed E-state index contributed by atoms with van der Waals surface area (Å²) < 4.78 is 5.52. The fourth-order valence-corrected chi connectivity index (χ4v) is 1.61. The average molecular weight is 267 g/mol. The maximum absolute atomic E-state index is 9.01. The first-order valence-electron chi connectivity index (χ1n) is 6.80. The lowest BCUT2D eigenvalue weighted by Gasteiger charge is -2.23. The summed E-state index contributed by atoms with van der Waals surface area (Å²) in [5.74, 6) is 1.19. The lowest BCUT2D eigenvalue weighted by atomic mass is 9.90. The van der Waals surface area contributed by atoms with E-state index in [1.165, 1.54) is 0 Å². The van der Waals surface area contributed by atoms with Crippen molar-refractivity contribution in [1.29, 1.82) is 0 Å². The van der Waals surface area contributed by atoms with E-state index < -0.39 is 0 Å².